The molecule has 1 N–H and O–H groups in total. The van der Waals surface area contributed by atoms with Crippen LogP contribution in [0.25, 0.3) is 0 Å². The van der Waals surface area contributed by atoms with Crippen LogP contribution >= 0.6 is 0 Å². The largest absolute Gasteiger partial charge is 0.357 e. The number of aryl methyl sites for hydroxylation is 1. The third-order valence-corrected chi connectivity index (χ3v) is 7.10. The number of benzene rings is 2. The van der Waals surface area contributed by atoms with Crippen molar-refractivity contribution in [2.24, 2.45) is 11.8 Å². The molecule has 36 heavy (non-hydrogen) atoms. The Morgan fingerprint density at radius 3 is 2.22 bits per heavy atom. The number of rotatable bonds is 9. The van der Waals surface area contributed by atoms with Crippen molar-refractivity contribution in [3.8, 4) is 0 Å². The van der Waals surface area contributed by atoms with Crippen molar-refractivity contribution in [3.05, 3.63) is 83.4 Å². The van der Waals surface area contributed by atoms with Gasteiger partial charge in [0.2, 0.25) is 23.6 Å². The van der Waals surface area contributed by atoms with Crippen molar-refractivity contribution < 1.29 is 19.2 Å². The lowest BCUT2D eigenvalue weighted by atomic mass is 9.85. The summed E-state index contributed by atoms with van der Waals surface area (Å²) in [5.74, 6) is -1.56. The van der Waals surface area contributed by atoms with E-state index in [1.54, 1.807) is 11.9 Å². The minimum Gasteiger partial charge on any atom is -0.357 e. The molecular formula is C29H33N3O4. The van der Waals surface area contributed by atoms with Gasteiger partial charge in [-0.15, -0.1) is 0 Å². The normalized spacial score (nSPS) is 19.7. The maximum absolute atomic E-state index is 13.7. The lowest BCUT2D eigenvalue weighted by Crippen LogP contribution is -2.50. The molecule has 3 atom stereocenters. The van der Waals surface area contributed by atoms with Gasteiger partial charge in [-0.25, -0.2) is 0 Å². The minimum atomic E-state index is -0.734. The molecule has 2 aliphatic rings. The SMILES string of the molecule is CNC(=O)C(Cc1ccccc1)N(Cc1cccc(C)c1)C(=O)CCN1C(=O)[C@H]2CC=CC[C@H]2C1=O. The maximum Gasteiger partial charge on any atom is 0.242 e. The van der Waals surface area contributed by atoms with E-state index in [4.69, 9.17) is 0 Å². The maximum atomic E-state index is 13.7. The zero-order valence-corrected chi connectivity index (χ0v) is 20.9. The summed E-state index contributed by atoms with van der Waals surface area (Å²) in [6.07, 6.45) is 5.35. The molecule has 0 radical (unpaired) electrons. The number of hydrogen-bond acceptors (Lipinski definition) is 4. The average molecular weight is 488 g/mol. The predicted molar refractivity (Wildman–Crippen MR) is 136 cm³/mol. The number of amides is 4. The van der Waals surface area contributed by atoms with Gasteiger partial charge in [-0.2, -0.15) is 0 Å². The molecule has 0 saturated carbocycles. The van der Waals surface area contributed by atoms with Gasteiger partial charge >= 0.3 is 0 Å². The van der Waals surface area contributed by atoms with E-state index in [9.17, 15) is 19.2 Å². The molecular weight excluding hydrogens is 454 g/mol. The zero-order valence-electron chi connectivity index (χ0n) is 20.9. The highest BCUT2D eigenvalue weighted by molar-refractivity contribution is 6.05. The van der Waals surface area contributed by atoms with Crippen molar-refractivity contribution in [2.45, 2.75) is 45.2 Å². The Bertz CT molecular complexity index is 1130. The standard InChI is InChI=1S/C29H33N3O4/c1-20-9-8-12-22(17-20)19-32(25(27(34)30-2)18-21-10-4-3-5-11-21)26(33)15-16-31-28(35)23-13-6-7-14-24(23)29(31)36/h3-12,17,23-25H,13-16,18-19H2,1-2H3,(H,30,34)/t23-,24+,25?. The molecule has 7 heteroatoms. The first-order chi connectivity index (χ1) is 17.4. The smallest absolute Gasteiger partial charge is 0.242 e. The summed E-state index contributed by atoms with van der Waals surface area (Å²) < 4.78 is 0. The first-order valence-electron chi connectivity index (χ1n) is 12.5. The topological polar surface area (TPSA) is 86.8 Å². The summed E-state index contributed by atoms with van der Waals surface area (Å²) in [7, 11) is 1.56. The number of carbonyl (C=O) groups is 4. The number of fused-ring (bicyclic) bond motifs is 1. The van der Waals surface area contributed by atoms with Crippen LogP contribution in [0.2, 0.25) is 0 Å². The molecule has 1 saturated heterocycles. The Balaban J connectivity index is 1.56. The molecule has 7 nitrogen and oxygen atoms in total. The van der Waals surface area contributed by atoms with Gasteiger partial charge in [0.25, 0.3) is 0 Å². The van der Waals surface area contributed by atoms with Crippen LogP contribution in [-0.2, 0) is 32.1 Å². The quantitative estimate of drug-likeness (QED) is 0.435. The Morgan fingerprint density at radius 2 is 1.61 bits per heavy atom. The highest BCUT2D eigenvalue weighted by Crippen LogP contribution is 2.35. The highest BCUT2D eigenvalue weighted by Gasteiger charge is 2.47. The summed E-state index contributed by atoms with van der Waals surface area (Å²) >= 11 is 0. The van der Waals surface area contributed by atoms with Crippen molar-refractivity contribution in [1.82, 2.24) is 15.1 Å². The molecule has 0 bridgehead atoms. The predicted octanol–water partition coefficient (Wildman–Crippen LogP) is 3.02. The second kappa shape index (κ2) is 11.3. The van der Waals surface area contributed by atoms with Crippen LogP contribution in [0.15, 0.2) is 66.7 Å². The van der Waals surface area contributed by atoms with Crippen LogP contribution in [0.5, 0.6) is 0 Å². The third kappa shape index (κ3) is 5.56. The van der Waals surface area contributed by atoms with E-state index >= 15 is 0 Å². The van der Waals surface area contributed by atoms with Gasteiger partial charge in [-0.1, -0.05) is 72.3 Å². The Hall–Kier alpha value is -3.74. The summed E-state index contributed by atoms with van der Waals surface area (Å²) in [5.41, 5.74) is 2.91. The van der Waals surface area contributed by atoms with E-state index in [1.807, 2.05) is 73.7 Å². The van der Waals surface area contributed by atoms with Crippen molar-refractivity contribution in [3.63, 3.8) is 0 Å². The van der Waals surface area contributed by atoms with E-state index in [-0.39, 0.29) is 55.0 Å². The van der Waals surface area contributed by atoms with E-state index in [0.717, 1.165) is 16.7 Å². The number of nitrogens with one attached hydrogen (secondary N) is 1. The van der Waals surface area contributed by atoms with E-state index in [2.05, 4.69) is 5.32 Å². The number of likely N-dealkylation sites (N-methyl/N-ethyl adjacent to an activating group) is 1. The monoisotopic (exact) mass is 487 g/mol. The number of carbonyl (C=O) groups excluding carboxylic acids is 4. The molecule has 188 valence electrons. The molecule has 4 rings (SSSR count). The first-order valence-corrected chi connectivity index (χ1v) is 12.5. The molecule has 1 fully saturated rings. The lowest BCUT2D eigenvalue weighted by molar-refractivity contribution is -0.144. The number of allylic oxidation sites excluding steroid dienone is 2. The van der Waals surface area contributed by atoms with Gasteiger partial charge in [0.05, 0.1) is 11.8 Å². The third-order valence-electron chi connectivity index (χ3n) is 7.10. The molecule has 1 unspecified atom stereocenters. The van der Waals surface area contributed by atoms with Crippen molar-refractivity contribution in [1.29, 1.82) is 0 Å². The van der Waals surface area contributed by atoms with Crippen LogP contribution in [0.1, 0.15) is 36.0 Å². The van der Waals surface area contributed by atoms with Gasteiger partial charge in [-0.05, 0) is 30.9 Å². The summed E-state index contributed by atoms with van der Waals surface area (Å²) in [5, 5.41) is 2.70. The van der Waals surface area contributed by atoms with Gasteiger partial charge in [0.1, 0.15) is 6.04 Å². The zero-order chi connectivity index (χ0) is 25.7. The second-order valence-corrected chi connectivity index (χ2v) is 9.56. The number of nitrogens with zero attached hydrogens (tertiary/aromatic N) is 2. The number of likely N-dealkylation sites (tertiary alicyclic amines) is 1. The first kappa shape index (κ1) is 25.4. The van der Waals surface area contributed by atoms with Crippen molar-refractivity contribution in [2.75, 3.05) is 13.6 Å². The number of hydrogen-bond donors (Lipinski definition) is 1. The molecule has 0 spiro atoms. The van der Waals surface area contributed by atoms with E-state index < -0.39 is 6.04 Å². The molecule has 2 aromatic carbocycles. The van der Waals surface area contributed by atoms with Gasteiger partial charge in [0.15, 0.2) is 0 Å². The van der Waals surface area contributed by atoms with Gasteiger partial charge < -0.3 is 10.2 Å². The van der Waals surface area contributed by atoms with Crippen LogP contribution in [-0.4, -0.2) is 53.1 Å². The molecule has 0 aromatic heterocycles. The molecule has 2 aromatic rings. The Labute approximate surface area is 212 Å². The fraction of sp³-hybridized carbons (Fsp3) is 0.379. The average Bonchev–Trinajstić information content (AvgIpc) is 3.14. The lowest BCUT2D eigenvalue weighted by Gasteiger charge is -2.31. The van der Waals surface area contributed by atoms with Crippen LogP contribution in [0, 0.1) is 18.8 Å². The fourth-order valence-corrected chi connectivity index (χ4v) is 5.17. The summed E-state index contributed by atoms with van der Waals surface area (Å²) in [4.78, 5) is 55.3. The van der Waals surface area contributed by atoms with E-state index in [0.29, 0.717) is 19.3 Å². The summed E-state index contributed by atoms with van der Waals surface area (Å²) in [6.45, 7) is 2.26. The van der Waals surface area contributed by atoms with Gasteiger partial charge in [-0.3, -0.25) is 24.1 Å². The van der Waals surface area contributed by atoms with Gasteiger partial charge in [0, 0.05) is 33.0 Å². The Kier molecular flexibility index (Phi) is 7.98. The van der Waals surface area contributed by atoms with Crippen LogP contribution in [0.3, 0.4) is 0 Å². The highest BCUT2D eigenvalue weighted by atomic mass is 16.2. The van der Waals surface area contributed by atoms with Crippen molar-refractivity contribution >= 4 is 23.6 Å². The van der Waals surface area contributed by atoms with E-state index in [1.165, 1.54) is 4.90 Å². The van der Waals surface area contributed by atoms with Crippen LogP contribution < -0.4 is 5.32 Å². The molecule has 4 amide bonds. The van der Waals surface area contributed by atoms with Crippen LogP contribution in [0.4, 0.5) is 0 Å². The molecule has 1 aliphatic carbocycles. The second-order valence-electron chi connectivity index (χ2n) is 9.56. The summed E-state index contributed by atoms with van der Waals surface area (Å²) in [6, 6.07) is 16.7. The Morgan fingerprint density at radius 1 is 0.972 bits per heavy atom. The molecule has 1 heterocycles. The molecule has 1 aliphatic heterocycles. The number of imide groups is 1. The fourth-order valence-electron chi connectivity index (χ4n) is 5.17. The minimum absolute atomic E-state index is 0.0274.